The molecule has 3 aromatic rings. The number of anilines is 4. The van der Waals surface area contributed by atoms with E-state index >= 15 is 0 Å². The molecule has 146 valence electrons. The van der Waals surface area contributed by atoms with Gasteiger partial charge in [-0.05, 0) is 54.6 Å². The van der Waals surface area contributed by atoms with Gasteiger partial charge >= 0.3 is 0 Å². The first-order valence-electron chi connectivity index (χ1n) is 9.63. The van der Waals surface area contributed by atoms with Gasteiger partial charge in [0.25, 0.3) is 0 Å². The Morgan fingerprint density at radius 1 is 1.04 bits per heavy atom. The maximum absolute atomic E-state index is 4.62. The molecule has 0 bridgehead atoms. The van der Waals surface area contributed by atoms with Crippen LogP contribution in [0.2, 0.25) is 0 Å². The van der Waals surface area contributed by atoms with Crippen molar-refractivity contribution in [3.8, 4) is 0 Å². The second kappa shape index (κ2) is 7.59. The summed E-state index contributed by atoms with van der Waals surface area (Å²) < 4.78 is 0. The van der Waals surface area contributed by atoms with Gasteiger partial charge in [-0.25, -0.2) is 9.97 Å². The third-order valence-electron chi connectivity index (χ3n) is 5.08. The number of hydrogen-bond donors (Lipinski definition) is 2. The van der Waals surface area contributed by atoms with Crippen LogP contribution >= 0.6 is 0 Å². The highest BCUT2D eigenvalue weighted by Gasteiger charge is 2.18. The lowest BCUT2D eigenvalue weighted by molar-refractivity contribution is 0.648. The van der Waals surface area contributed by atoms with Gasteiger partial charge in [0.05, 0.1) is 0 Å². The predicted molar refractivity (Wildman–Crippen MR) is 116 cm³/mol. The highest BCUT2D eigenvalue weighted by Crippen LogP contribution is 2.33. The number of nitrogens with zero attached hydrogens (tertiary/aromatic N) is 5. The summed E-state index contributed by atoms with van der Waals surface area (Å²) in [4.78, 5) is 17.4. The maximum atomic E-state index is 4.62. The van der Waals surface area contributed by atoms with E-state index < -0.39 is 0 Å². The summed E-state index contributed by atoms with van der Waals surface area (Å²) in [5.74, 6) is 2.17. The molecule has 0 saturated carbocycles. The third kappa shape index (κ3) is 3.71. The predicted octanol–water partition coefficient (Wildman–Crippen LogP) is 3.32. The lowest BCUT2D eigenvalue weighted by Gasteiger charge is -2.20. The van der Waals surface area contributed by atoms with Gasteiger partial charge in [0.2, 0.25) is 5.95 Å². The number of nitrogens with one attached hydrogen (secondary N) is 2. The van der Waals surface area contributed by atoms with Crippen LogP contribution < -0.4 is 20.4 Å². The van der Waals surface area contributed by atoms with Crippen molar-refractivity contribution in [2.45, 2.75) is 18.9 Å². The fraction of sp³-hybridized carbons (Fsp3) is 0.381. The molecule has 2 aromatic heterocycles. The average Bonchev–Trinajstić information content (AvgIpc) is 3.22. The zero-order valence-electron chi connectivity index (χ0n) is 16.9. The molecule has 4 rings (SSSR count). The number of aromatic nitrogens is 3. The molecular formula is C21H27N7. The lowest BCUT2D eigenvalue weighted by Crippen LogP contribution is -2.15. The molecular weight excluding hydrogens is 350 g/mol. The fourth-order valence-corrected chi connectivity index (χ4v) is 3.63. The normalized spacial score (nSPS) is 16.4. The number of pyridine rings is 1. The monoisotopic (exact) mass is 377 g/mol. The van der Waals surface area contributed by atoms with Crippen LogP contribution in [0.5, 0.6) is 0 Å². The van der Waals surface area contributed by atoms with Crippen molar-refractivity contribution in [3.63, 3.8) is 0 Å². The first kappa shape index (κ1) is 18.4. The number of fused-ring (bicyclic) bond motifs is 1. The molecule has 0 radical (unpaired) electrons. The van der Waals surface area contributed by atoms with Crippen LogP contribution in [0.4, 0.5) is 23.3 Å². The van der Waals surface area contributed by atoms with Crippen LogP contribution in [0.25, 0.3) is 10.8 Å². The van der Waals surface area contributed by atoms with Crippen LogP contribution in [0.3, 0.4) is 0 Å². The van der Waals surface area contributed by atoms with Gasteiger partial charge in [-0.1, -0.05) is 0 Å². The van der Waals surface area contributed by atoms with E-state index in [1.165, 1.54) is 29.5 Å². The first-order valence-corrected chi connectivity index (χ1v) is 9.63. The van der Waals surface area contributed by atoms with Crippen molar-refractivity contribution in [2.24, 2.45) is 0 Å². The second-order valence-corrected chi connectivity index (χ2v) is 7.64. The molecule has 2 N–H and O–H groups in total. The van der Waals surface area contributed by atoms with Crippen LogP contribution in [-0.4, -0.2) is 49.7 Å². The Kier molecular flexibility index (Phi) is 5.00. The summed E-state index contributed by atoms with van der Waals surface area (Å²) in [5, 5.41) is 9.24. The molecule has 1 aliphatic rings. The minimum absolute atomic E-state index is 0.428. The van der Waals surface area contributed by atoms with Crippen molar-refractivity contribution in [1.29, 1.82) is 0 Å². The van der Waals surface area contributed by atoms with Gasteiger partial charge in [-0.2, -0.15) is 4.98 Å². The number of rotatable bonds is 5. The molecule has 1 fully saturated rings. The average molecular weight is 377 g/mol. The molecule has 28 heavy (non-hydrogen) atoms. The Hall–Kier alpha value is -2.93. The Bertz CT molecular complexity index is 978. The van der Waals surface area contributed by atoms with E-state index in [1.807, 2.05) is 31.3 Å². The van der Waals surface area contributed by atoms with Gasteiger partial charge in [-0.15, -0.1) is 0 Å². The first-order chi connectivity index (χ1) is 13.5. The van der Waals surface area contributed by atoms with E-state index in [9.17, 15) is 0 Å². The highest BCUT2D eigenvalue weighted by atomic mass is 15.2. The zero-order chi connectivity index (χ0) is 19.7. The fourth-order valence-electron chi connectivity index (χ4n) is 3.63. The standard InChI is InChI=1S/C21H27N7/c1-27(2)18-11-15(17-6-5-8-22-17)10-14-12-20(24-13-16(14)18)25-19-7-9-23-21(26-19)28(3)4/h7,9-13,17,22H,5-6,8H2,1-4H3,(H,23,24,25,26). The second-order valence-electron chi connectivity index (χ2n) is 7.64. The summed E-state index contributed by atoms with van der Waals surface area (Å²) in [6.45, 7) is 1.09. The molecule has 1 atom stereocenters. The lowest BCUT2D eigenvalue weighted by atomic mass is 9.99. The summed E-state index contributed by atoms with van der Waals surface area (Å²) in [6.07, 6.45) is 6.10. The van der Waals surface area contributed by atoms with Crippen molar-refractivity contribution < 1.29 is 0 Å². The third-order valence-corrected chi connectivity index (χ3v) is 5.08. The van der Waals surface area contributed by atoms with E-state index in [4.69, 9.17) is 0 Å². The molecule has 3 heterocycles. The van der Waals surface area contributed by atoms with Crippen LogP contribution in [0, 0.1) is 0 Å². The van der Waals surface area contributed by atoms with E-state index in [0.29, 0.717) is 12.0 Å². The molecule has 1 saturated heterocycles. The number of benzene rings is 1. The van der Waals surface area contributed by atoms with Crippen molar-refractivity contribution in [3.05, 3.63) is 42.2 Å². The molecule has 1 unspecified atom stereocenters. The molecule has 1 aromatic carbocycles. The molecule has 0 spiro atoms. The van der Waals surface area contributed by atoms with E-state index in [2.05, 4.69) is 62.8 Å². The summed E-state index contributed by atoms with van der Waals surface area (Å²) >= 11 is 0. The zero-order valence-corrected chi connectivity index (χ0v) is 16.9. The minimum atomic E-state index is 0.428. The summed E-state index contributed by atoms with van der Waals surface area (Å²) in [5.41, 5.74) is 2.53. The van der Waals surface area contributed by atoms with Crippen molar-refractivity contribution in [1.82, 2.24) is 20.3 Å². The van der Waals surface area contributed by atoms with Gasteiger partial charge in [-0.3, -0.25) is 0 Å². The molecule has 7 heteroatoms. The highest BCUT2D eigenvalue weighted by molar-refractivity contribution is 5.96. The molecule has 7 nitrogen and oxygen atoms in total. The Balaban J connectivity index is 1.72. The van der Waals surface area contributed by atoms with Gasteiger partial charge in [0.15, 0.2) is 0 Å². The Morgan fingerprint density at radius 3 is 2.61 bits per heavy atom. The SMILES string of the molecule is CN(C)c1nccc(Nc2cc3cc(C4CCCN4)cc(N(C)C)c3cn2)n1. The van der Waals surface area contributed by atoms with E-state index in [-0.39, 0.29) is 0 Å². The topological polar surface area (TPSA) is 69.2 Å². The van der Waals surface area contributed by atoms with Crippen molar-refractivity contribution >= 4 is 34.0 Å². The molecule has 0 aliphatic carbocycles. The maximum Gasteiger partial charge on any atom is 0.226 e. The molecule has 0 amide bonds. The van der Waals surface area contributed by atoms with Crippen LogP contribution in [0.15, 0.2) is 36.7 Å². The van der Waals surface area contributed by atoms with Crippen LogP contribution in [-0.2, 0) is 0 Å². The summed E-state index contributed by atoms with van der Waals surface area (Å²) in [6, 6.07) is 8.94. The minimum Gasteiger partial charge on any atom is -0.377 e. The largest absolute Gasteiger partial charge is 0.377 e. The summed E-state index contributed by atoms with van der Waals surface area (Å²) in [7, 11) is 8.01. The van der Waals surface area contributed by atoms with Gasteiger partial charge in [0, 0.05) is 57.7 Å². The van der Waals surface area contributed by atoms with Gasteiger partial charge in [0.1, 0.15) is 11.6 Å². The van der Waals surface area contributed by atoms with E-state index in [1.54, 1.807) is 6.20 Å². The number of hydrogen-bond acceptors (Lipinski definition) is 7. The Morgan fingerprint density at radius 2 is 1.89 bits per heavy atom. The smallest absolute Gasteiger partial charge is 0.226 e. The van der Waals surface area contributed by atoms with E-state index in [0.717, 1.165) is 23.6 Å². The Labute approximate surface area is 165 Å². The molecule has 1 aliphatic heterocycles. The van der Waals surface area contributed by atoms with Crippen LogP contribution in [0.1, 0.15) is 24.4 Å². The van der Waals surface area contributed by atoms with Crippen molar-refractivity contribution in [2.75, 3.05) is 49.9 Å². The quantitative estimate of drug-likeness (QED) is 0.707. The van der Waals surface area contributed by atoms with Gasteiger partial charge < -0.3 is 20.4 Å².